The fourth-order valence-electron chi connectivity index (χ4n) is 7.48. The molecule has 0 saturated heterocycles. The van der Waals surface area contributed by atoms with E-state index in [1.807, 2.05) is 6.92 Å². The average Bonchev–Trinajstić information content (AvgIpc) is 2.77. The highest BCUT2D eigenvalue weighted by atomic mass is 16.4. The van der Waals surface area contributed by atoms with Crippen LogP contribution in [-0.4, -0.2) is 22.8 Å². The molecule has 0 aromatic rings. The zero-order valence-electron chi connectivity index (χ0n) is 14.5. The molecule has 0 aromatic carbocycles. The molecule has 4 aliphatic carbocycles. The lowest BCUT2D eigenvalue weighted by atomic mass is 9.41. The van der Waals surface area contributed by atoms with Crippen LogP contribution < -0.4 is 0 Å². The summed E-state index contributed by atoms with van der Waals surface area (Å²) in [6.45, 7) is 4.62. The highest BCUT2D eigenvalue weighted by Gasteiger charge is 2.64. The topological polar surface area (TPSA) is 57.5 Å². The minimum atomic E-state index is -0.587. The Morgan fingerprint density at radius 2 is 1.96 bits per heavy atom. The van der Waals surface area contributed by atoms with Gasteiger partial charge in [0.1, 0.15) is 0 Å². The van der Waals surface area contributed by atoms with Crippen LogP contribution >= 0.6 is 0 Å². The Hall–Kier alpha value is -0.830. The fraction of sp³-hybridized carbons (Fsp3) is 0.850. The number of carboxylic acids is 1. The van der Waals surface area contributed by atoms with E-state index < -0.39 is 11.4 Å². The zero-order chi connectivity index (χ0) is 16.5. The van der Waals surface area contributed by atoms with Crippen LogP contribution in [0.15, 0.2) is 11.6 Å². The average molecular weight is 318 g/mol. The van der Waals surface area contributed by atoms with Gasteiger partial charge >= 0.3 is 5.97 Å². The Labute approximate surface area is 139 Å². The van der Waals surface area contributed by atoms with Crippen molar-refractivity contribution in [3.8, 4) is 0 Å². The first-order valence-corrected chi connectivity index (χ1v) is 9.42. The number of carboxylic acid groups (broad SMARTS) is 1. The number of aliphatic hydroxyl groups is 1. The third-order valence-electron chi connectivity index (χ3n) is 8.46. The van der Waals surface area contributed by atoms with E-state index in [-0.39, 0.29) is 17.4 Å². The number of hydrogen-bond donors (Lipinski definition) is 2. The largest absolute Gasteiger partial charge is 0.481 e. The van der Waals surface area contributed by atoms with E-state index >= 15 is 0 Å². The third kappa shape index (κ3) is 1.89. The van der Waals surface area contributed by atoms with Crippen LogP contribution in [0.1, 0.15) is 65.2 Å². The van der Waals surface area contributed by atoms with E-state index in [4.69, 9.17) is 0 Å². The van der Waals surface area contributed by atoms with Gasteiger partial charge in [0.2, 0.25) is 0 Å². The Balaban J connectivity index is 1.75. The van der Waals surface area contributed by atoms with Gasteiger partial charge in [-0.15, -0.1) is 0 Å². The van der Waals surface area contributed by atoms with Gasteiger partial charge < -0.3 is 10.2 Å². The molecule has 4 rings (SSSR count). The minimum absolute atomic E-state index is 0.149. The summed E-state index contributed by atoms with van der Waals surface area (Å²) in [5.74, 6) is 0.912. The molecule has 0 amide bonds. The molecule has 23 heavy (non-hydrogen) atoms. The summed E-state index contributed by atoms with van der Waals surface area (Å²) in [4.78, 5) is 12.0. The Bertz CT molecular complexity index is 567. The van der Waals surface area contributed by atoms with Crippen LogP contribution in [0, 0.1) is 34.0 Å². The number of fused-ring (bicyclic) bond motifs is 3. The smallest absolute Gasteiger partial charge is 0.309 e. The van der Waals surface area contributed by atoms with E-state index in [1.165, 1.54) is 31.3 Å². The number of carbonyl (C=O) groups is 1. The lowest BCUT2D eigenvalue weighted by Gasteiger charge is -2.63. The molecule has 3 heteroatoms. The van der Waals surface area contributed by atoms with Gasteiger partial charge in [-0.25, -0.2) is 0 Å². The highest BCUT2D eigenvalue weighted by Crippen LogP contribution is 2.70. The molecular weight excluding hydrogens is 288 g/mol. The first kappa shape index (κ1) is 15.7. The summed E-state index contributed by atoms with van der Waals surface area (Å²) in [6, 6.07) is 0. The lowest BCUT2D eigenvalue weighted by molar-refractivity contribution is -0.177. The molecule has 2 bridgehead atoms. The molecular formula is C20H30O3. The normalized spacial score (nSPS) is 51.6. The molecule has 0 aliphatic heterocycles. The summed E-state index contributed by atoms with van der Waals surface area (Å²) in [6.07, 6.45) is 11.3. The van der Waals surface area contributed by atoms with E-state index in [9.17, 15) is 15.0 Å². The monoisotopic (exact) mass is 318 g/mol. The number of allylic oxidation sites excluding steroid dienone is 1. The summed E-state index contributed by atoms with van der Waals surface area (Å²) in [5.41, 5.74) is 1.12. The van der Waals surface area contributed by atoms with Gasteiger partial charge in [0, 0.05) is 0 Å². The van der Waals surface area contributed by atoms with Crippen molar-refractivity contribution in [1.82, 2.24) is 0 Å². The van der Waals surface area contributed by atoms with Gasteiger partial charge in [-0.3, -0.25) is 4.79 Å². The van der Waals surface area contributed by atoms with Crippen LogP contribution in [0.25, 0.3) is 0 Å². The molecule has 0 heterocycles. The second kappa shape index (κ2) is 4.84. The van der Waals surface area contributed by atoms with Crippen molar-refractivity contribution in [2.45, 2.75) is 65.2 Å². The SMILES string of the molecule is C[C@]12CCC[C@](C)(C(=O)O)[C@@H]1CC[C@@]13C=C(CO)[C@H](CC[C@@H]12)C3. The molecule has 1 spiro atoms. The predicted molar refractivity (Wildman–Crippen MR) is 88.9 cm³/mol. The molecule has 3 fully saturated rings. The van der Waals surface area contributed by atoms with Crippen LogP contribution in [0.4, 0.5) is 0 Å². The van der Waals surface area contributed by atoms with E-state index in [2.05, 4.69) is 13.0 Å². The van der Waals surface area contributed by atoms with E-state index in [0.29, 0.717) is 17.8 Å². The van der Waals surface area contributed by atoms with Crippen molar-refractivity contribution in [3.63, 3.8) is 0 Å². The second-order valence-corrected chi connectivity index (χ2v) is 9.31. The van der Waals surface area contributed by atoms with Gasteiger partial charge in [-0.1, -0.05) is 19.4 Å². The summed E-state index contributed by atoms with van der Waals surface area (Å²) in [5, 5.41) is 19.6. The van der Waals surface area contributed by atoms with Crippen LogP contribution in [0.3, 0.4) is 0 Å². The van der Waals surface area contributed by atoms with Gasteiger partial charge in [-0.05, 0) is 86.0 Å². The molecule has 2 N–H and O–H groups in total. The van der Waals surface area contributed by atoms with Crippen LogP contribution in [0.2, 0.25) is 0 Å². The third-order valence-corrected chi connectivity index (χ3v) is 8.46. The summed E-state index contributed by atoms with van der Waals surface area (Å²) in [7, 11) is 0. The Morgan fingerprint density at radius 3 is 2.65 bits per heavy atom. The number of aliphatic hydroxyl groups excluding tert-OH is 1. The maximum atomic E-state index is 12.0. The quantitative estimate of drug-likeness (QED) is 0.756. The molecule has 4 aliphatic rings. The van der Waals surface area contributed by atoms with Gasteiger partial charge in [0.05, 0.1) is 12.0 Å². The minimum Gasteiger partial charge on any atom is -0.481 e. The number of aliphatic carboxylic acids is 1. The zero-order valence-corrected chi connectivity index (χ0v) is 14.5. The van der Waals surface area contributed by atoms with Crippen LogP contribution in [-0.2, 0) is 4.79 Å². The molecule has 0 unspecified atom stereocenters. The second-order valence-electron chi connectivity index (χ2n) is 9.31. The van der Waals surface area contributed by atoms with Gasteiger partial charge in [0.25, 0.3) is 0 Å². The van der Waals surface area contributed by atoms with E-state index in [1.54, 1.807) is 0 Å². The molecule has 3 nitrogen and oxygen atoms in total. The Kier molecular flexibility index (Phi) is 3.30. The van der Waals surface area contributed by atoms with Crippen LogP contribution in [0.5, 0.6) is 0 Å². The fourth-order valence-corrected chi connectivity index (χ4v) is 7.48. The lowest BCUT2D eigenvalue weighted by Crippen LogP contribution is -2.58. The van der Waals surface area contributed by atoms with Crippen molar-refractivity contribution in [1.29, 1.82) is 0 Å². The standard InChI is InChI=1S/C20H30O3/c1-18-7-3-8-19(2,17(22)23)15(18)6-9-20-10-13(4-5-16(18)20)14(11-20)12-21/h11,13,15-16,21H,3-10,12H2,1-2H3,(H,22,23)/t13-,15-,16-,18+,19+,20-/m1/s1. The molecule has 3 saturated carbocycles. The first-order chi connectivity index (χ1) is 10.9. The number of rotatable bonds is 2. The number of hydrogen-bond acceptors (Lipinski definition) is 2. The van der Waals surface area contributed by atoms with Crippen molar-refractivity contribution in [3.05, 3.63) is 11.6 Å². The van der Waals surface area contributed by atoms with Gasteiger partial charge in [-0.2, -0.15) is 0 Å². The van der Waals surface area contributed by atoms with Crippen molar-refractivity contribution in [2.24, 2.45) is 34.0 Å². The summed E-state index contributed by atoms with van der Waals surface area (Å²) < 4.78 is 0. The maximum absolute atomic E-state index is 12.0. The molecule has 0 aromatic heterocycles. The first-order valence-electron chi connectivity index (χ1n) is 9.42. The van der Waals surface area contributed by atoms with Crippen molar-refractivity contribution in [2.75, 3.05) is 6.61 Å². The van der Waals surface area contributed by atoms with E-state index in [0.717, 1.165) is 25.7 Å². The van der Waals surface area contributed by atoms with Crippen molar-refractivity contribution >= 4 is 5.97 Å². The highest BCUT2D eigenvalue weighted by molar-refractivity contribution is 5.75. The Morgan fingerprint density at radius 1 is 1.17 bits per heavy atom. The maximum Gasteiger partial charge on any atom is 0.309 e. The molecule has 6 atom stereocenters. The van der Waals surface area contributed by atoms with Gasteiger partial charge in [0.15, 0.2) is 0 Å². The predicted octanol–water partition coefficient (Wildman–Crippen LogP) is 4.01. The summed E-state index contributed by atoms with van der Waals surface area (Å²) >= 11 is 0. The molecule has 0 radical (unpaired) electrons. The van der Waals surface area contributed by atoms with Crippen molar-refractivity contribution < 1.29 is 15.0 Å². The molecule has 128 valence electrons.